The van der Waals surface area contributed by atoms with Crippen LogP contribution in [0.2, 0.25) is 0 Å². The smallest absolute Gasteiger partial charge is 0.306 e. The van der Waals surface area contributed by atoms with Crippen molar-refractivity contribution in [3.8, 4) is 11.4 Å². The van der Waals surface area contributed by atoms with Gasteiger partial charge in [-0.15, -0.1) is 16.4 Å². The maximum Gasteiger partial charge on any atom is 0.306 e. The van der Waals surface area contributed by atoms with E-state index in [2.05, 4.69) is 47.4 Å². The van der Waals surface area contributed by atoms with Gasteiger partial charge in [-0.2, -0.15) is 0 Å². The first-order valence-electron chi connectivity index (χ1n) is 5.47. The number of carboxylic acids is 1. The first-order chi connectivity index (χ1) is 9.51. The Morgan fingerprint density at radius 3 is 2.90 bits per heavy atom. The van der Waals surface area contributed by atoms with Crippen LogP contribution in [0.15, 0.2) is 13.6 Å². The minimum absolute atomic E-state index is 0.107. The molecule has 108 valence electrons. The molecule has 0 saturated carbocycles. The fourth-order valence-corrected chi connectivity index (χ4v) is 4.41. The molecule has 0 fully saturated rings. The molecule has 0 radical (unpaired) electrons. The molecule has 0 aliphatic carbocycles. The second-order valence-electron chi connectivity index (χ2n) is 3.88. The number of thiophene rings is 1. The minimum atomic E-state index is -0.925. The lowest BCUT2D eigenvalue weighted by molar-refractivity contribution is -0.139. The number of aromatic nitrogens is 4. The van der Waals surface area contributed by atoms with Gasteiger partial charge < -0.3 is 9.84 Å². The van der Waals surface area contributed by atoms with Crippen molar-refractivity contribution in [1.29, 1.82) is 0 Å². The van der Waals surface area contributed by atoms with Gasteiger partial charge in [-0.3, -0.25) is 4.79 Å². The summed E-state index contributed by atoms with van der Waals surface area (Å²) in [4.78, 5) is 10.8. The molecule has 1 unspecified atom stereocenters. The number of methoxy groups -OCH3 is 1. The second kappa shape index (κ2) is 6.74. The van der Waals surface area contributed by atoms with E-state index in [0.29, 0.717) is 5.82 Å². The van der Waals surface area contributed by atoms with Crippen molar-refractivity contribution in [2.75, 3.05) is 7.11 Å². The largest absolute Gasteiger partial charge is 0.481 e. The van der Waals surface area contributed by atoms with E-state index in [1.807, 2.05) is 6.07 Å². The van der Waals surface area contributed by atoms with Crippen LogP contribution in [0, 0.1) is 0 Å². The van der Waals surface area contributed by atoms with Gasteiger partial charge in [-0.05, 0) is 48.4 Å². The Hall–Kier alpha value is -0.840. The Balaban J connectivity index is 2.24. The van der Waals surface area contributed by atoms with Crippen LogP contribution in [0.25, 0.3) is 11.4 Å². The van der Waals surface area contributed by atoms with Crippen molar-refractivity contribution in [3.63, 3.8) is 0 Å². The van der Waals surface area contributed by atoms with E-state index < -0.39 is 12.1 Å². The number of hydrogen-bond donors (Lipinski definition) is 1. The van der Waals surface area contributed by atoms with Gasteiger partial charge in [0.15, 0.2) is 5.82 Å². The van der Waals surface area contributed by atoms with Gasteiger partial charge in [-0.1, -0.05) is 0 Å². The van der Waals surface area contributed by atoms with E-state index in [9.17, 15) is 4.79 Å². The van der Waals surface area contributed by atoms with Crippen molar-refractivity contribution in [2.45, 2.75) is 19.1 Å². The summed E-state index contributed by atoms with van der Waals surface area (Å²) in [6.07, 6.45) is -0.597. The number of hydrogen-bond acceptors (Lipinski definition) is 6. The summed E-state index contributed by atoms with van der Waals surface area (Å²) >= 11 is 8.36. The van der Waals surface area contributed by atoms with Gasteiger partial charge in [0.05, 0.1) is 26.6 Å². The van der Waals surface area contributed by atoms with Gasteiger partial charge in [0.2, 0.25) is 0 Å². The van der Waals surface area contributed by atoms with Crippen molar-refractivity contribution in [2.24, 2.45) is 0 Å². The average Bonchev–Trinajstić information content (AvgIpc) is 2.94. The third kappa shape index (κ3) is 3.62. The summed E-state index contributed by atoms with van der Waals surface area (Å²) < 4.78 is 8.53. The third-order valence-corrected chi connectivity index (χ3v) is 4.88. The highest BCUT2D eigenvalue weighted by atomic mass is 79.9. The Morgan fingerprint density at radius 1 is 1.60 bits per heavy atom. The van der Waals surface area contributed by atoms with E-state index in [4.69, 9.17) is 9.84 Å². The monoisotopic (exact) mass is 424 g/mol. The molecule has 0 spiro atoms. The first kappa shape index (κ1) is 15.5. The van der Waals surface area contributed by atoms with Gasteiger partial charge in [-0.25, -0.2) is 4.68 Å². The van der Waals surface area contributed by atoms with Crippen molar-refractivity contribution >= 4 is 49.2 Å². The molecule has 7 nitrogen and oxygen atoms in total. The van der Waals surface area contributed by atoms with Crippen molar-refractivity contribution in [1.82, 2.24) is 20.2 Å². The molecular weight excluding hydrogens is 416 g/mol. The highest BCUT2D eigenvalue weighted by Gasteiger charge is 2.19. The van der Waals surface area contributed by atoms with Crippen LogP contribution in [0.3, 0.4) is 0 Å². The van der Waals surface area contributed by atoms with Crippen LogP contribution in [0.5, 0.6) is 0 Å². The Bertz CT molecular complexity index is 615. The number of ether oxygens (including phenoxy) is 1. The first-order valence-corrected chi connectivity index (χ1v) is 7.87. The molecule has 2 heterocycles. The summed E-state index contributed by atoms with van der Waals surface area (Å²) in [5.74, 6) is -0.364. The highest BCUT2D eigenvalue weighted by Crippen LogP contribution is 2.37. The van der Waals surface area contributed by atoms with Crippen LogP contribution in [0.4, 0.5) is 0 Å². The molecular formula is C10H10Br2N4O3S. The summed E-state index contributed by atoms with van der Waals surface area (Å²) in [5.41, 5.74) is 0.844. The standard InChI is InChI=1S/C10H10Br2N4O3S/c1-19-5(2-8(17)18)4-16-10(13-14-15-16)6-3-7(11)20-9(6)12/h3,5H,2,4H2,1H3,(H,17,18). The lowest BCUT2D eigenvalue weighted by Gasteiger charge is -2.13. The van der Waals surface area contributed by atoms with Crippen molar-refractivity contribution in [3.05, 3.63) is 13.6 Å². The van der Waals surface area contributed by atoms with Gasteiger partial charge >= 0.3 is 5.97 Å². The van der Waals surface area contributed by atoms with Crippen LogP contribution in [-0.2, 0) is 16.1 Å². The van der Waals surface area contributed by atoms with Gasteiger partial charge in [0.25, 0.3) is 0 Å². The zero-order valence-electron chi connectivity index (χ0n) is 10.3. The van der Waals surface area contributed by atoms with Crippen LogP contribution >= 0.6 is 43.2 Å². The molecule has 0 aromatic carbocycles. The predicted molar refractivity (Wildman–Crippen MR) is 79.6 cm³/mol. The normalized spacial score (nSPS) is 12.6. The van der Waals surface area contributed by atoms with Gasteiger partial charge in [0.1, 0.15) is 0 Å². The third-order valence-electron chi connectivity index (χ3n) is 2.54. The highest BCUT2D eigenvalue weighted by molar-refractivity contribution is 9.12. The molecule has 10 heteroatoms. The topological polar surface area (TPSA) is 90.1 Å². The SMILES string of the molecule is COC(CC(=O)O)Cn1nnnc1-c1cc(Br)sc1Br. The number of carboxylic acid groups (broad SMARTS) is 1. The van der Waals surface area contributed by atoms with E-state index in [-0.39, 0.29) is 13.0 Å². The average molecular weight is 426 g/mol. The molecule has 2 aromatic rings. The maximum atomic E-state index is 10.8. The predicted octanol–water partition coefficient (Wildman–Crippen LogP) is 2.42. The zero-order valence-corrected chi connectivity index (χ0v) is 14.3. The molecule has 20 heavy (non-hydrogen) atoms. The lowest BCUT2D eigenvalue weighted by Crippen LogP contribution is -2.23. The molecule has 0 aliphatic heterocycles. The molecule has 1 N–H and O–H groups in total. The molecule has 1 atom stereocenters. The second-order valence-corrected chi connectivity index (χ2v) is 7.63. The molecule has 0 saturated heterocycles. The quantitative estimate of drug-likeness (QED) is 0.764. The Morgan fingerprint density at radius 2 is 2.35 bits per heavy atom. The Labute approximate surface area is 135 Å². The number of halogens is 2. The fraction of sp³-hybridized carbons (Fsp3) is 0.400. The number of rotatable bonds is 6. The van der Waals surface area contributed by atoms with E-state index >= 15 is 0 Å². The number of tetrazole rings is 1. The van der Waals surface area contributed by atoms with Crippen LogP contribution in [-0.4, -0.2) is 44.5 Å². The summed E-state index contributed by atoms with van der Waals surface area (Å²) in [5, 5.41) is 20.3. The number of carbonyl (C=O) groups is 1. The van der Waals surface area contributed by atoms with Crippen molar-refractivity contribution < 1.29 is 14.6 Å². The fourth-order valence-electron chi connectivity index (χ4n) is 1.62. The number of nitrogens with zero attached hydrogens (tertiary/aromatic N) is 4. The lowest BCUT2D eigenvalue weighted by atomic mass is 10.2. The summed E-state index contributed by atoms with van der Waals surface area (Å²) in [6.45, 7) is 0.269. The van der Waals surface area contributed by atoms with Crippen LogP contribution < -0.4 is 0 Å². The Kier molecular flexibility index (Phi) is 5.24. The maximum absolute atomic E-state index is 10.8. The molecule has 2 aromatic heterocycles. The van der Waals surface area contributed by atoms with E-state index in [1.54, 1.807) is 0 Å². The van der Waals surface area contributed by atoms with Crippen LogP contribution in [0.1, 0.15) is 6.42 Å². The molecule has 0 amide bonds. The zero-order chi connectivity index (χ0) is 14.7. The minimum Gasteiger partial charge on any atom is -0.481 e. The van der Waals surface area contributed by atoms with E-state index in [1.165, 1.54) is 23.1 Å². The number of aliphatic carboxylic acids is 1. The molecule has 0 aliphatic rings. The van der Waals surface area contributed by atoms with E-state index in [0.717, 1.165) is 13.1 Å². The summed E-state index contributed by atoms with van der Waals surface area (Å²) in [6, 6.07) is 1.90. The van der Waals surface area contributed by atoms with Gasteiger partial charge in [0, 0.05) is 12.7 Å². The molecule has 2 rings (SSSR count). The molecule has 0 bridgehead atoms. The summed E-state index contributed by atoms with van der Waals surface area (Å²) in [7, 11) is 1.47.